The molecule has 0 amide bonds. The first-order valence-corrected chi connectivity index (χ1v) is 5.70. The zero-order chi connectivity index (χ0) is 13.0. The molecule has 3 N–H and O–H groups in total. The second-order valence-electron chi connectivity index (χ2n) is 4.13. The summed E-state index contributed by atoms with van der Waals surface area (Å²) in [4.78, 5) is 13.6. The van der Waals surface area contributed by atoms with E-state index in [9.17, 15) is 9.18 Å². The van der Waals surface area contributed by atoms with Crippen LogP contribution in [-0.4, -0.2) is 24.8 Å². The number of hydrogen-bond donors (Lipinski definition) is 2. The van der Waals surface area contributed by atoms with E-state index in [0.29, 0.717) is 24.5 Å². The lowest BCUT2D eigenvalue weighted by atomic mass is 10.00. The van der Waals surface area contributed by atoms with Crippen LogP contribution in [0.25, 0.3) is 0 Å². The van der Waals surface area contributed by atoms with Crippen LogP contribution in [0.5, 0.6) is 0 Å². The second-order valence-corrected chi connectivity index (χ2v) is 4.13. The van der Waals surface area contributed by atoms with E-state index in [2.05, 4.69) is 10.3 Å². The standard InChI is InChI=1S/C12H14FN3O2/c13-10-5-8(14)1-2-11(10)18-9-3-4-15-12(6-9)16-7-17/h2-3,6,8,10,15H,1,4-5,14H2. The van der Waals surface area contributed by atoms with E-state index >= 15 is 0 Å². The second kappa shape index (κ2) is 5.62. The van der Waals surface area contributed by atoms with E-state index in [1.54, 1.807) is 12.2 Å². The Hall–Kier alpha value is -1.91. The highest BCUT2D eigenvalue weighted by Gasteiger charge is 2.24. The third-order valence-electron chi connectivity index (χ3n) is 2.71. The number of nitrogens with two attached hydrogens (primary N) is 1. The Morgan fingerprint density at radius 1 is 1.56 bits per heavy atom. The molecule has 0 aromatic carbocycles. The van der Waals surface area contributed by atoms with Gasteiger partial charge in [0.15, 0.2) is 6.17 Å². The van der Waals surface area contributed by atoms with Gasteiger partial charge in [-0.3, -0.25) is 0 Å². The number of alkyl halides is 1. The van der Waals surface area contributed by atoms with Crippen LogP contribution < -0.4 is 11.1 Å². The summed E-state index contributed by atoms with van der Waals surface area (Å²) >= 11 is 0. The number of hydrogen-bond acceptors (Lipinski definition) is 5. The van der Waals surface area contributed by atoms with Crippen LogP contribution in [-0.2, 0) is 9.53 Å². The topological polar surface area (TPSA) is 76.7 Å². The summed E-state index contributed by atoms with van der Waals surface area (Å²) in [6.07, 6.45) is 6.05. The van der Waals surface area contributed by atoms with Gasteiger partial charge < -0.3 is 15.8 Å². The Kier molecular flexibility index (Phi) is 3.92. The number of isocyanates is 1. The van der Waals surface area contributed by atoms with Crippen LogP contribution in [0.15, 0.2) is 40.6 Å². The van der Waals surface area contributed by atoms with E-state index in [4.69, 9.17) is 10.5 Å². The van der Waals surface area contributed by atoms with Gasteiger partial charge in [-0.1, -0.05) is 0 Å². The summed E-state index contributed by atoms with van der Waals surface area (Å²) in [6, 6.07) is -0.153. The van der Waals surface area contributed by atoms with Crippen molar-refractivity contribution < 1.29 is 13.9 Å². The normalized spacial score (nSPS) is 27.1. The lowest BCUT2D eigenvalue weighted by Gasteiger charge is -2.23. The van der Waals surface area contributed by atoms with Crippen molar-refractivity contribution in [1.82, 2.24) is 5.32 Å². The number of rotatable bonds is 3. The number of nitrogens with one attached hydrogen (secondary N) is 1. The fourth-order valence-corrected chi connectivity index (χ4v) is 1.81. The third kappa shape index (κ3) is 3.06. The van der Waals surface area contributed by atoms with Crippen molar-refractivity contribution in [2.75, 3.05) is 6.54 Å². The van der Waals surface area contributed by atoms with Crippen molar-refractivity contribution in [1.29, 1.82) is 0 Å². The molecule has 0 radical (unpaired) electrons. The molecule has 0 saturated heterocycles. The van der Waals surface area contributed by atoms with Gasteiger partial charge in [0, 0.05) is 25.1 Å². The summed E-state index contributed by atoms with van der Waals surface area (Å²) in [6.45, 7) is 0.468. The minimum Gasteiger partial charge on any atom is -0.459 e. The molecule has 0 fully saturated rings. The van der Waals surface area contributed by atoms with Crippen molar-refractivity contribution in [2.24, 2.45) is 10.7 Å². The molecule has 18 heavy (non-hydrogen) atoms. The molecule has 1 aliphatic heterocycles. The van der Waals surface area contributed by atoms with Crippen molar-refractivity contribution >= 4 is 6.08 Å². The van der Waals surface area contributed by atoms with Crippen molar-refractivity contribution in [3.05, 3.63) is 35.6 Å². The van der Waals surface area contributed by atoms with Gasteiger partial charge in [0.25, 0.3) is 0 Å². The summed E-state index contributed by atoms with van der Waals surface area (Å²) in [5.41, 5.74) is 5.65. The van der Waals surface area contributed by atoms with Crippen LogP contribution in [0.2, 0.25) is 0 Å². The molecule has 1 heterocycles. The number of carbonyl (C=O) groups excluding carboxylic acids is 1. The fraction of sp³-hybridized carbons (Fsp3) is 0.417. The molecule has 6 heteroatoms. The van der Waals surface area contributed by atoms with Crippen LogP contribution >= 0.6 is 0 Å². The van der Waals surface area contributed by atoms with E-state index < -0.39 is 6.17 Å². The maximum Gasteiger partial charge on any atom is 0.242 e. The number of halogens is 1. The fourth-order valence-electron chi connectivity index (χ4n) is 1.81. The van der Waals surface area contributed by atoms with Crippen molar-refractivity contribution in [2.45, 2.75) is 25.1 Å². The minimum absolute atomic E-state index is 0.153. The summed E-state index contributed by atoms with van der Waals surface area (Å²) in [7, 11) is 0. The van der Waals surface area contributed by atoms with Gasteiger partial charge in [0.05, 0.1) is 0 Å². The molecule has 2 aliphatic rings. The van der Waals surface area contributed by atoms with Gasteiger partial charge in [-0.15, -0.1) is 4.99 Å². The largest absolute Gasteiger partial charge is 0.459 e. The molecular formula is C12H14FN3O2. The van der Waals surface area contributed by atoms with E-state index in [1.165, 1.54) is 12.2 Å². The maximum atomic E-state index is 13.7. The summed E-state index contributed by atoms with van der Waals surface area (Å²) in [5, 5.41) is 2.85. The zero-order valence-corrected chi connectivity index (χ0v) is 9.73. The Morgan fingerprint density at radius 2 is 2.39 bits per heavy atom. The van der Waals surface area contributed by atoms with E-state index in [0.717, 1.165) is 0 Å². The first-order chi connectivity index (χ1) is 8.69. The van der Waals surface area contributed by atoms with Crippen LogP contribution in [0.1, 0.15) is 12.8 Å². The molecular weight excluding hydrogens is 237 g/mol. The van der Waals surface area contributed by atoms with Crippen LogP contribution in [0, 0.1) is 0 Å². The van der Waals surface area contributed by atoms with Gasteiger partial charge in [-0.25, -0.2) is 9.18 Å². The van der Waals surface area contributed by atoms with Gasteiger partial charge in [-0.2, -0.15) is 0 Å². The molecule has 5 nitrogen and oxygen atoms in total. The third-order valence-corrected chi connectivity index (χ3v) is 2.71. The molecule has 2 unspecified atom stereocenters. The van der Waals surface area contributed by atoms with Crippen LogP contribution in [0.4, 0.5) is 4.39 Å². The smallest absolute Gasteiger partial charge is 0.242 e. The highest BCUT2D eigenvalue weighted by molar-refractivity contribution is 5.38. The maximum absolute atomic E-state index is 13.7. The monoisotopic (exact) mass is 251 g/mol. The molecule has 2 rings (SSSR count). The van der Waals surface area contributed by atoms with Gasteiger partial charge >= 0.3 is 0 Å². The van der Waals surface area contributed by atoms with Gasteiger partial charge in [0.1, 0.15) is 17.3 Å². The lowest BCUT2D eigenvalue weighted by molar-refractivity contribution is 0.193. The Morgan fingerprint density at radius 3 is 3.11 bits per heavy atom. The SMILES string of the molecule is NC1CC=C(OC2=CCNC(N=C=O)=C2)C(F)C1. The minimum atomic E-state index is -1.18. The molecule has 96 valence electrons. The summed E-state index contributed by atoms with van der Waals surface area (Å²) < 4.78 is 19.1. The van der Waals surface area contributed by atoms with Crippen molar-refractivity contribution in [3.63, 3.8) is 0 Å². The first kappa shape index (κ1) is 12.5. The predicted octanol–water partition coefficient (Wildman–Crippen LogP) is 1.01. The molecule has 0 bridgehead atoms. The number of allylic oxidation sites excluding steroid dienone is 2. The van der Waals surface area contributed by atoms with Gasteiger partial charge in [0.2, 0.25) is 6.08 Å². The Labute approximate surface area is 104 Å². The summed E-state index contributed by atoms with van der Waals surface area (Å²) in [5.74, 6) is 1.09. The lowest BCUT2D eigenvalue weighted by Crippen LogP contribution is -2.29. The first-order valence-electron chi connectivity index (χ1n) is 5.70. The number of ether oxygens (including phenoxy) is 1. The Balaban J connectivity index is 2.06. The zero-order valence-electron chi connectivity index (χ0n) is 9.73. The van der Waals surface area contributed by atoms with E-state index in [1.807, 2.05) is 0 Å². The highest BCUT2D eigenvalue weighted by atomic mass is 19.1. The van der Waals surface area contributed by atoms with E-state index in [-0.39, 0.29) is 18.2 Å². The molecule has 1 aliphatic carbocycles. The quantitative estimate of drug-likeness (QED) is 0.579. The Bertz CT molecular complexity index is 464. The molecule has 0 spiro atoms. The van der Waals surface area contributed by atoms with Crippen molar-refractivity contribution in [3.8, 4) is 0 Å². The number of nitrogens with zero attached hydrogens (tertiary/aromatic N) is 1. The number of aliphatic imine (C=N–C) groups is 1. The highest BCUT2D eigenvalue weighted by Crippen LogP contribution is 2.25. The molecule has 0 aromatic rings. The van der Waals surface area contributed by atoms with Gasteiger partial charge in [-0.05, 0) is 18.6 Å². The van der Waals surface area contributed by atoms with Crippen LogP contribution in [0.3, 0.4) is 0 Å². The predicted molar refractivity (Wildman–Crippen MR) is 63.6 cm³/mol. The molecule has 0 saturated carbocycles. The average Bonchev–Trinajstić information content (AvgIpc) is 2.34. The average molecular weight is 251 g/mol. The number of dihydropyridines is 1. The molecule has 0 aromatic heterocycles. The molecule has 2 atom stereocenters.